The Kier molecular flexibility index (Phi) is 8.72. The lowest BCUT2D eigenvalue weighted by Crippen LogP contribution is -2.51. The molecule has 1 rings (SSSR count). The molecule has 1 saturated heterocycles. The maximum atomic E-state index is 10.9. The van der Waals surface area contributed by atoms with Gasteiger partial charge < -0.3 is 19.3 Å². The number of rotatable bonds is 8. The molecular weight excluding hydrogens is 356 g/mol. The normalized spacial score (nSPS) is 31.6. The molecule has 0 aromatic carbocycles. The summed E-state index contributed by atoms with van der Waals surface area (Å²) in [7, 11) is -4.60. The zero-order chi connectivity index (χ0) is 19.2. The predicted molar refractivity (Wildman–Crippen MR) is 87.1 cm³/mol. The van der Waals surface area contributed by atoms with Crippen molar-refractivity contribution in [3.05, 3.63) is 0 Å². The summed E-state index contributed by atoms with van der Waals surface area (Å²) in [6.07, 6.45) is -3.26. The van der Waals surface area contributed by atoms with Crippen LogP contribution >= 0.6 is 0 Å². The average molecular weight is 384 g/mol. The van der Waals surface area contributed by atoms with Gasteiger partial charge in [-0.15, -0.1) is 0 Å². The van der Waals surface area contributed by atoms with Gasteiger partial charge in [0, 0.05) is 5.92 Å². The van der Waals surface area contributed by atoms with Crippen molar-refractivity contribution in [2.45, 2.75) is 64.6 Å². The summed E-state index contributed by atoms with van der Waals surface area (Å²) >= 11 is 0. The third kappa shape index (κ3) is 7.55. The van der Waals surface area contributed by atoms with Gasteiger partial charge in [0.1, 0.15) is 6.10 Å². The Bertz CT molecular complexity index is 505. The molecule has 3 unspecified atom stereocenters. The second-order valence-corrected chi connectivity index (χ2v) is 7.83. The monoisotopic (exact) mass is 384 g/mol. The van der Waals surface area contributed by atoms with Crippen LogP contribution in [0.25, 0.3) is 0 Å². The smallest absolute Gasteiger partial charge is 0.397 e. The van der Waals surface area contributed by atoms with E-state index in [0.29, 0.717) is 0 Å². The van der Waals surface area contributed by atoms with Crippen LogP contribution in [0, 0.1) is 11.8 Å². The highest BCUT2D eigenvalue weighted by atomic mass is 32.3. The van der Waals surface area contributed by atoms with E-state index in [4.69, 9.17) is 18.8 Å². The van der Waals surface area contributed by atoms with Crippen LogP contribution in [-0.2, 0) is 33.6 Å². The summed E-state index contributed by atoms with van der Waals surface area (Å²) in [5.41, 5.74) is 0. The molecule has 10 heteroatoms. The molecule has 1 aliphatic heterocycles. The van der Waals surface area contributed by atoms with Crippen LogP contribution < -0.4 is 0 Å². The van der Waals surface area contributed by atoms with E-state index in [1.54, 1.807) is 13.8 Å². The Balaban J connectivity index is 3.01. The number of hydrogen-bond acceptors (Lipinski definition) is 8. The summed E-state index contributed by atoms with van der Waals surface area (Å²) in [6.45, 7) is 7.22. The van der Waals surface area contributed by atoms with Crippen molar-refractivity contribution in [1.82, 2.24) is 0 Å². The number of aliphatic hydroxyl groups excluding tert-OH is 1. The standard InChI is InChI=1S/C15H28O9S/c1-9(2)14-11(6-23-25(18,19)20)5-12(17)15(24-10(3)4)13(7-21-14)22-8-16/h8-15,17H,5-7H2,1-4H3,(H,18,19,20)/t11?,12?,13?,14-,15-/m0/s1. The summed E-state index contributed by atoms with van der Waals surface area (Å²) in [5.74, 6) is -0.533. The zero-order valence-electron chi connectivity index (χ0n) is 14.9. The number of hydrogen-bond donors (Lipinski definition) is 2. The highest BCUT2D eigenvalue weighted by Gasteiger charge is 2.40. The van der Waals surface area contributed by atoms with Gasteiger partial charge in [-0.05, 0) is 26.2 Å². The van der Waals surface area contributed by atoms with E-state index in [0.717, 1.165) is 0 Å². The van der Waals surface area contributed by atoms with E-state index >= 15 is 0 Å². The Morgan fingerprint density at radius 3 is 2.40 bits per heavy atom. The second-order valence-electron chi connectivity index (χ2n) is 6.74. The van der Waals surface area contributed by atoms with Gasteiger partial charge in [-0.3, -0.25) is 9.35 Å². The lowest BCUT2D eigenvalue weighted by Gasteiger charge is -2.39. The van der Waals surface area contributed by atoms with Gasteiger partial charge in [0.15, 0.2) is 6.10 Å². The summed E-state index contributed by atoms with van der Waals surface area (Å²) < 4.78 is 51.6. The van der Waals surface area contributed by atoms with Crippen molar-refractivity contribution in [2.75, 3.05) is 13.2 Å². The number of carbonyl (C=O) groups is 1. The molecule has 2 N–H and O–H groups in total. The highest BCUT2D eigenvalue weighted by molar-refractivity contribution is 7.80. The molecule has 0 aromatic rings. The van der Waals surface area contributed by atoms with Gasteiger partial charge in [0.2, 0.25) is 0 Å². The fourth-order valence-corrected chi connectivity index (χ4v) is 3.36. The Hall–Kier alpha value is -0.780. The first kappa shape index (κ1) is 22.3. The van der Waals surface area contributed by atoms with Gasteiger partial charge >= 0.3 is 10.4 Å². The molecule has 0 amide bonds. The Morgan fingerprint density at radius 2 is 1.92 bits per heavy atom. The van der Waals surface area contributed by atoms with Crippen LogP contribution in [0.1, 0.15) is 34.1 Å². The zero-order valence-corrected chi connectivity index (χ0v) is 15.7. The molecule has 0 aromatic heterocycles. The van der Waals surface area contributed by atoms with Gasteiger partial charge in [0.05, 0.1) is 31.5 Å². The van der Waals surface area contributed by atoms with E-state index in [2.05, 4.69) is 4.18 Å². The fraction of sp³-hybridized carbons (Fsp3) is 0.933. The van der Waals surface area contributed by atoms with E-state index in [-0.39, 0.29) is 38.1 Å². The van der Waals surface area contributed by atoms with Gasteiger partial charge in [-0.1, -0.05) is 13.8 Å². The highest BCUT2D eigenvalue weighted by Crippen LogP contribution is 2.29. The molecule has 1 fully saturated rings. The second kappa shape index (κ2) is 9.79. The summed E-state index contributed by atoms with van der Waals surface area (Å²) in [6, 6.07) is 0. The predicted octanol–water partition coefficient (Wildman–Crippen LogP) is 0.563. The SMILES string of the molecule is CC(C)O[C@H]1C(O)CC(COS(=O)(=O)O)[C@H](C(C)C)OCC1OC=O. The minimum Gasteiger partial charge on any atom is -0.459 e. The van der Waals surface area contributed by atoms with Crippen molar-refractivity contribution >= 4 is 16.9 Å². The largest absolute Gasteiger partial charge is 0.459 e. The van der Waals surface area contributed by atoms with Gasteiger partial charge in [-0.2, -0.15) is 8.42 Å². The summed E-state index contributed by atoms with van der Waals surface area (Å²) in [5, 5.41) is 10.6. The molecule has 25 heavy (non-hydrogen) atoms. The van der Waals surface area contributed by atoms with Crippen LogP contribution in [0.3, 0.4) is 0 Å². The van der Waals surface area contributed by atoms with Crippen LogP contribution in [0.5, 0.6) is 0 Å². The molecule has 0 aliphatic carbocycles. The van der Waals surface area contributed by atoms with E-state index < -0.39 is 40.7 Å². The molecule has 1 aliphatic rings. The first-order valence-electron chi connectivity index (χ1n) is 8.21. The van der Waals surface area contributed by atoms with Crippen LogP contribution in [0.4, 0.5) is 0 Å². The van der Waals surface area contributed by atoms with Crippen molar-refractivity contribution in [2.24, 2.45) is 11.8 Å². The maximum Gasteiger partial charge on any atom is 0.397 e. The van der Waals surface area contributed by atoms with E-state index in [1.165, 1.54) is 0 Å². The van der Waals surface area contributed by atoms with Gasteiger partial charge in [0.25, 0.3) is 6.47 Å². The third-order valence-electron chi connectivity index (χ3n) is 3.96. The minimum absolute atomic E-state index is 0.0155. The molecule has 5 atom stereocenters. The van der Waals surface area contributed by atoms with Crippen molar-refractivity contribution in [3.8, 4) is 0 Å². The Labute approximate surface area is 148 Å². The first-order chi connectivity index (χ1) is 11.5. The van der Waals surface area contributed by atoms with E-state index in [9.17, 15) is 18.3 Å². The Morgan fingerprint density at radius 1 is 1.28 bits per heavy atom. The van der Waals surface area contributed by atoms with E-state index in [1.807, 2.05) is 13.8 Å². The van der Waals surface area contributed by atoms with Crippen LogP contribution in [0.2, 0.25) is 0 Å². The molecule has 0 bridgehead atoms. The quantitative estimate of drug-likeness (QED) is 0.455. The summed E-state index contributed by atoms with van der Waals surface area (Å²) in [4.78, 5) is 10.8. The molecular formula is C15H28O9S. The van der Waals surface area contributed by atoms with Crippen molar-refractivity contribution < 1.29 is 41.3 Å². The number of aliphatic hydroxyl groups is 1. The average Bonchev–Trinajstić information content (AvgIpc) is 2.46. The van der Waals surface area contributed by atoms with Crippen molar-refractivity contribution in [3.63, 3.8) is 0 Å². The van der Waals surface area contributed by atoms with Crippen LogP contribution in [-0.4, -0.2) is 68.3 Å². The third-order valence-corrected chi connectivity index (χ3v) is 4.39. The van der Waals surface area contributed by atoms with Crippen LogP contribution in [0.15, 0.2) is 0 Å². The topological polar surface area (TPSA) is 129 Å². The molecule has 1 heterocycles. The molecule has 148 valence electrons. The van der Waals surface area contributed by atoms with Crippen molar-refractivity contribution in [1.29, 1.82) is 0 Å². The number of carbonyl (C=O) groups excluding carboxylic acids is 1. The molecule has 9 nitrogen and oxygen atoms in total. The minimum atomic E-state index is -4.60. The number of ether oxygens (including phenoxy) is 3. The maximum absolute atomic E-state index is 10.9. The molecule has 0 radical (unpaired) electrons. The van der Waals surface area contributed by atoms with Gasteiger partial charge in [-0.25, -0.2) is 4.18 Å². The molecule has 0 saturated carbocycles. The lowest BCUT2D eigenvalue weighted by molar-refractivity contribution is -0.190. The molecule has 0 spiro atoms. The fourth-order valence-electron chi connectivity index (χ4n) is 3.02. The first-order valence-corrected chi connectivity index (χ1v) is 9.57. The lowest BCUT2D eigenvalue weighted by atomic mass is 9.86.